The second-order valence-corrected chi connectivity index (χ2v) is 8.52. The summed E-state index contributed by atoms with van der Waals surface area (Å²) in [4.78, 5) is 39.0. The lowest BCUT2D eigenvalue weighted by atomic mass is 9.95. The molecule has 176 valence electrons. The number of likely N-dealkylation sites (tertiary alicyclic amines) is 1. The van der Waals surface area contributed by atoms with Crippen LogP contribution in [0.2, 0.25) is 0 Å². The first-order valence-corrected chi connectivity index (χ1v) is 11.6. The van der Waals surface area contributed by atoms with Gasteiger partial charge in [-0.2, -0.15) is 0 Å². The number of aryl methyl sites for hydroxylation is 1. The Balaban J connectivity index is 1.40. The number of ether oxygens (including phenoxy) is 1. The average Bonchev–Trinajstić information content (AvgIpc) is 2.81. The van der Waals surface area contributed by atoms with Gasteiger partial charge >= 0.3 is 5.97 Å². The third-order valence-electron chi connectivity index (χ3n) is 5.78. The summed E-state index contributed by atoms with van der Waals surface area (Å²) in [5.74, 6) is -0.521. The van der Waals surface area contributed by atoms with Crippen LogP contribution in [0.4, 0.5) is 11.4 Å². The quantitative estimate of drug-likeness (QED) is 0.440. The van der Waals surface area contributed by atoms with E-state index in [1.807, 2.05) is 38.1 Å². The molecule has 0 spiro atoms. The van der Waals surface area contributed by atoms with Crippen molar-refractivity contribution in [1.29, 1.82) is 0 Å². The van der Waals surface area contributed by atoms with Crippen molar-refractivity contribution in [3.05, 3.63) is 59.7 Å². The molecule has 33 heavy (non-hydrogen) atoms. The third kappa shape index (κ3) is 7.71. The van der Waals surface area contributed by atoms with Gasteiger partial charge in [-0.15, -0.1) is 0 Å². The van der Waals surface area contributed by atoms with Crippen molar-refractivity contribution in [3.8, 4) is 0 Å². The summed E-state index contributed by atoms with van der Waals surface area (Å²) in [6.45, 7) is 6.17. The molecule has 2 N–H and O–H groups in total. The van der Waals surface area contributed by atoms with E-state index in [0.717, 1.165) is 24.1 Å². The summed E-state index contributed by atoms with van der Waals surface area (Å²) in [5, 5.41) is 5.85. The van der Waals surface area contributed by atoms with Gasteiger partial charge in [0.25, 0.3) is 0 Å². The number of hydrogen-bond donors (Lipinski definition) is 2. The second-order valence-electron chi connectivity index (χ2n) is 8.52. The molecule has 0 atom stereocenters. The largest absolute Gasteiger partial charge is 0.462 e. The fourth-order valence-electron chi connectivity index (χ4n) is 3.72. The number of nitrogens with one attached hydrogen (secondary N) is 2. The van der Waals surface area contributed by atoms with Gasteiger partial charge in [0, 0.05) is 17.3 Å². The monoisotopic (exact) mass is 451 g/mol. The number of piperidine rings is 1. The molecule has 0 saturated carbocycles. The molecular weight excluding hydrogens is 418 g/mol. The van der Waals surface area contributed by atoms with E-state index in [9.17, 15) is 14.4 Å². The van der Waals surface area contributed by atoms with Gasteiger partial charge < -0.3 is 15.4 Å². The number of amides is 2. The van der Waals surface area contributed by atoms with Crippen molar-refractivity contribution in [2.24, 2.45) is 5.92 Å². The zero-order valence-electron chi connectivity index (χ0n) is 19.4. The number of carbonyl (C=O) groups is 3. The molecule has 0 unspecified atom stereocenters. The van der Waals surface area contributed by atoms with Crippen LogP contribution in [0.3, 0.4) is 0 Å². The highest BCUT2D eigenvalue weighted by Crippen LogP contribution is 2.20. The number of carbonyl (C=O) groups excluding carboxylic acids is 3. The Morgan fingerprint density at radius 3 is 2.18 bits per heavy atom. The van der Waals surface area contributed by atoms with Gasteiger partial charge in [0.2, 0.25) is 11.8 Å². The standard InChI is InChI=1S/C26H33N3O4/c1-3-4-17-33-26(32)21-7-11-23(12-8-21)28-25(31)20-13-15-29(16-14-20)18-24(30)27-22-9-5-19(2)6-10-22/h5-12,20H,3-4,13-18H2,1-2H3,(H,27,30)(H,28,31). The van der Waals surface area contributed by atoms with Gasteiger partial charge in [-0.1, -0.05) is 31.0 Å². The minimum absolute atomic E-state index is 0.0305. The molecule has 2 aromatic carbocycles. The molecule has 1 fully saturated rings. The van der Waals surface area contributed by atoms with Crippen molar-refractivity contribution in [2.45, 2.75) is 39.5 Å². The topological polar surface area (TPSA) is 87.7 Å². The van der Waals surface area contributed by atoms with E-state index >= 15 is 0 Å². The maximum Gasteiger partial charge on any atom is 0.338 e. The molecular formula is C26H33N3O4. The van der Waals surface area contributed by atoms with Crippen molar-refractivity contribution in [3.63, 3.8) is 0 Å². The number of esters is 1. The van der Waals surface area contributed by atoms with Gasteiger partial charge in [0.1, 0.15) is 0 Å². The van der Waals surface area contributed by atoms with E-state index in [0.29, 0.717) is 50.3 Å². The van der Waals surface area contributed by atoms with Crippen LogP contribution in [0.1, 0.15) is 48.5 Å². The van der Waals surface area contributed by atoms with Gasteiger partial charge in [-0.3, -0.25) is 14.5 Å². The summed E-state index contributed by atoms with van der Waals surface area (Å²) < 4.78 is 5.20. The van der Waals surface area contributed by atoms with Crippen LogP contribution in [-0.4, -0.2) is 48.9 Å². The molecule has 7 heteroatoms. The van der Waals surface area contributed by atoms with Gasteiger partial charge in [0.05, 0.1) is 18.7 Å². The van der Waals surface area contributed by atoms with Crippen LogP contribution >= 0.6 is 0 Å². The smallest absolute Gasteiger partial charge is 0.338 e. The maximum absolute atomic E-state index is 12.7. The first-order valence-electron chi connectivity index (χ1n) is 11.6. The normalized spacial score (nSPS) is 14.5. The zero-order chi connectivity index (χ0) is 23.6. The van der Waals surface area contributed by atoms with Crippen LogP contribution in [0.25, 0.3) is 0 Å². The predicted molar refractivity (Wildman–Crippen MR) is 129 cm³/mol. The van der Waals surface area contributed by atoms with Gasteiger partial charge in [0.15, 0.2) is 0 Å². The lowest BCUT2D eigenvalue weighted by Crippen LogP contribution is -2.41. The maximum atomic E-state index is 12.7. The number of benzene rings is 2. The molecule has 0 aliphatic carbocycles. The Morgan fingerprint density at radius 1 is 0.939 bits per heavy atom. The van der Waals surface area contributed by atoms with Crippen LogP contribution in [-0.2, 0) is 14.3 Å². The number of hydrogen-bond acceptors (Lipinski definition) is 5. The fraction of sp³-hybridized carbons (Fsp3) is 0.423. The highest BCUT2D eigenvalue weighted by Gasteiger charge is 2.26. The average molecular weight is 452 g/mol. The Bertz CT molecular complexity index is 933. The van der Waals surface area contributed by atoms with Crippen molar-refractivity contribution in [1.82, 2.24) is 4.90 Å². The summed E-state index contributed by atoms with van der Waals surface area (Å²) in [5.41, 5.74) is 3.07. The van der Waals surface area contributed by atoms with E-state index < -0.39 is 0 Å². The summed E-state index contributed by atoms with van der Waals surface area (Å²) >= 11 is 0. The van der Waals surface area contributed by atoms with Gasteiger partial charge in [-0.25, -0.2) is 4.79 Å². The van der Waals surface area contributed by atoms with E-state index in [1.54, 1.807) is 24.3 Å². The summed E-state index contributed by atoms with van der Waals surface area (Å²) in [6, 6.07) is 14.5. The molecule has 1 saturated heterocycles. The third-order valence-corrected chi connectivity index (χ3v) is 5.78. The van der Waals surface area contributed by atoms with E-state index in [2.05, 4.69) is 15.5 Å². The minimum atomic E-state index is -0.347. The van der Waals surface area contributed by atoms with Crippen LogP contribution in [0, 0.1) is 12.8 Å². The number of anilines is 2. The van der Waals surface area contributed by atoms with Crippen LogP contribution in [0.15, 0.2) is 48.5 Å². The van der Waals surface area contributed by atoms with Crippen LogP contribution < -0.4 is 10.6 Å². The lowest BCUT2D eigenvalue weighted by Gasteiger charge is -2.30. The number of nitrogens with zero attached hydrogens (tertiary/aromatic N) is 1. The lowest BCUT2D eigenvalue weighted by molar-refractivity contribution is -0.121. The highest BCUT2D eigenvalue weighted by molar-refractivity contribution is 5.94. The van der Waals surface area contributed by atoms with E-state index in [1.165, 1.54) is 0 Å². The van der Waals surface area contributed by atoms with Gasteiger partial charge in [-0.05, 0) is 75.7 Å². The summed E-state index contributed by atoms with van der Waals surface area (Å²) in [6.07, 6.45) is 3.21. The molecule has 2 aromatic rings. The molecule has 1 heterocycles. The number of unbranched alkanes of at least 4 members (excludes halogenated alkanes) is 1. The zero-order valence-corrected chi connectivity index (χ0v) is 19.4. The molecule has 3 rings (SSSR count). The summed E-state index contributed by atoms with van der Waals surface area (Å²) in [7, 11) is 0. The molecule has 7 nitrogen and oxygen atoms in total. The van der Waals surface area contributed by atoms with Crippen molar-refractivity contribution >= 4 is 29.2 Å². The molecule has 2 amide bonds. The minimum Gasteiger partial charge on any atom is -0.462 e. The Hall–Kier alpha value is -3.19. The molecule has 0 bridgehead atoms. The SMILES string of the molecule is CCCCOC(=O)c1ccc(NC(=O)C2CCN(CC(=O)Nc3ccc(C)cc3)CC2)cc1. The molecule has 1 aliphatic heterocycles. The fourth-order valence-corrected chi connectivity index (χ4v) is 3.72. The predicted octanol–water partition coefficient (Wildman–Crippen LogP) is 4.24. The second kappa shape index (κ2) is 12.2. The van der Waals surface area contributed by atoms with E-state index in [-0.39, 0.29) is 23.7 Å². The first kappa shape index (κ1) is 24.5. The van der Waals surface area contributed by atoms with Crippen LogP contribution in [0.5, 0.6) is 0 Å². The first-order chi connectivity index (χ1) is 15.9. The highest BCUT2D eigenvalue weighted by atomic mass is 16.5. The molecule has 0 radical (unpaired) electrons. The molecule has 0 aromatic heterocycles. The number of rotatable bonds is 9. The Kier molecular flexibility index (Phi) is 9.01. The Morgan fingerprint density at radius 2 is 1.55 bits per heavy atom. The molecule has 1 aliphatic rings. The Labute approximate surface area is 195 Å². The van der Waals surface area contributed by atoms with E-state index in [4.69, 9.17) is 4.74 Å². The van der Waals surface area contributed by atoms with Crippen molar-refractivity contribution in [2.75, 3.05) is 36.9 Å². The van der Waals surface area contributed by atoms with Crippen molar-refractivity contribution < 1.29 is 19.1 Å².